The second kappa shape index (κ2) is 8.52. The molecule has 122 valence electrons. The van der Waals surface area contributed by atoms with Crippen LogP contribution in [0.4, 0.5) is 0 Å². The normalized spacial score (nSPS) is 23.1. The first-order valence-corrected chi connectivity index (χ1v) is 7.76. The molecule has 1 unspecified atom stereocenters. The Labute approximate surface area is 140 Å². The Hall–Kier alpha value is -1.09. The molecule has 3 atom stereocenters. The van der Waals surface area contributed by atoms with Gasteiger partial charge in [0.05, 0.1) is 5.60 Å². The van der Waals surface area contributed by atoms with Gasteiger partial charge >= 0.3 is 0 Å². The molecule has 0 aliphatic heterocycles. The third-order valence-corrected chi connectivity index (χ3v) is 4.27. The summed E-state index contributed by atoms with van der Waals surface area (Å²) in [6.45, 7) is 3.30. The summed E-state index contributed by atoms with van der Waals surface area (Å²) in [6, 6.07) is 10.6. The first-order chi connectivity index (χ1) is 10.0. The van der Waals surface area contributed by atoms with Crippen LogP contribution in [0.5, 0.6) is 0 Å². The van der Waals surface area contributed by atoms with Gasteiger partial charge < -0.3 is 10.0 Å². The zero-order valence-corrected chi connectivity index (χ0v) is 14.6. The van der Waals surface area contributed by atoms with Gasteiger partial charge in [0, 0.05) is 6.54 Å². The molecule has 3 heteroatoms. The Morgan fingerprint density at radius 1 is 1.18 bits per heavy atom. The van der Waals surface area contributed by atoms with Gasteiger partial charge in [-0.2, -0.15) is 0 Å². The molecule has 0 spiro atoms. The fourth-order valence-electron chi connectivity index (χ4n) is 3.24. The average Bonchev–Trinajstić information content (AvgIpc) is 2.46. The molecule has 0 fully saturated rings. The van der Waals surface area contributed by atoms with Crippen LogP contribution in [0.15, 0.2) is 54.6 Å². The van der Waals surface area contributed by atoms with E-state index in [2.05, 4.69) is 62.3 Å². The van der Waals surface area contributed by atoms with E-state index in [1.54, 1.807) is 0 Å². The van der Waals surface area contributed by atoms with E-state index in [9.17, 15) is 5.11 Å². The van der Waals surface area contributed by atoms with Crippen LogP contribution in [0.1, 0.15) is 31.2 Å². The number of hydrogen-bond acceptors (Lipinski definition) is 2. The Bertz CT molecular complexity index is 497. The first-order valence-electron chi connectivity index (χ1n) is 7.76. The number of nitrogens with zero attached hydrogens (tertiary/aromatic N) is 1. The second-order valence-corrected chi connectivity index (χ2v) is 6.56. The molecule has 1 aliphatic rings. The van der Waals surface area contributed by atoms with Crippen LogP contribution in [-0.2, 0) is 0 Å². The SMILES string of the molecule is C[C@H](CN(C)C)C(C[C@@]1(O)C=CC=CC1)c1ccccc1.Cl. The van der Waals surface area contributed by atoms with Crippen LogP contribution in [0.2, 0.25) is 0 Å². The van der Waals surface area contributed by atoms with Crippen LogP contribution in [0.25, 0.3) is 0 Å². The van der Waals surface area contributed by atoms with Gasteiger partial charge in [-0.15, -0.1) is 12.4 Å². The molecular weight excluding hydrogens is 294 g/mol. The molecule has 0 saturated heterocycles. The molecule has 0 amide bonds. The Morgan fingerprint density at radius 3 is 2.41 bits per heavy atom. The Kier molecular flexibility index (Phi) is 7.34. The lowest BCUT2D eigenvalue weighted by Gasteiger charge is -2.34. The molecule has 1 N–H and O–H groups in total. The van der Waals surface area contributed by atoms with Crippen molar-refractivity contribution in [3.63, 3.8) is 0 Å². The van der Waals surface area contributed by atoms with E-state index in [0.29, 0.717) is 18.3 Å². The summed E-state index contributed by atoms with van der Waals surface area (Å²) in [5.74, 6) is 0.848. The van der Waals surface area contributed by atoms with Gasteiger partial charge in [-0.05, 0) is 44.3 Å². The molecule has 0 bridgehead atoms. The third-order valence-electron chi connectivity index (χ3n) is 4.27. The zero-order valence-electron chi connectivity index (χ0n) is 13.8. The van der Waals surface area contributed by atoms with Gasteiger partial charge in [-0.3, -0.25) is 0 Å². The molecule has 0 heterocycles. The van der Waals surface area contributed by atoms with E-state index in [4.69, 9.17) is 0 Å². The van der Waals surface area contributed by atoms with Crippen molar-refractivity contribution in [2.75, 3.05) is 20.6 Å². The summed E-state index contributed by atoms with van der Waals surface area (Å²) in [5, 5.41) is 10.8. The average molecular weight is 322 g/mol. The Morgan fingerprint density at radius 2 is 1.86 bits per heavy atom. The first kappa shape index (κ1) is 19.0. The number of hydrogen-bond donors (Lipinski definition) is 1. The second-order valence-electron chi connectivity index (χ2n) is 6.56. The number of benzene rings is 1. The molecule has 1 aromatic carbocycles. The van der Waals surface area contributed by atoms with Gasteiger partial charge in [0.15, 0.2) is 0 Å². The van der Waals surface area contributed by atoms with Crippen molar-refractivity contribution < 1.29 is 5.11 Å². The van der Waals surface area contributed by atoms with Crippen LogP contribution in [0, 0.1) is 5.92 Å². The number of allylic oxidation sites excluding steroid dienone is 2. The highest BCUT2D eigenvalue weighted by Crippen LogP contribution is 2.36. The molecule has 2 rings (SSSR count). The maximum Gasteiger partial charge on any atom is 0.0871 e. The summed E-state index contributed by atoms with van der Waals surface area (Å²) in [7, 11) is 4.22. The van der Waals surface area contributed by atoms with Crippen molar-refractivity contribution >= 4 is 12.4 Å². The minimum Gasteiger partial charge on any atom is -0.385 e. The van der Waals surface area contributed by atoms with E-state index in [1.807, 2.05) is 18.2 Å². The largest absolute Gasteiger partial charge is 0.385 e. The topological polar surface area (TPSA) is 23.5 Å². The van der Waals surface area contributed by atoms with E-state index >= 15 is 0 Å². The lowest BCUT2D eigenvalue weighted by Crippen LogP contribution is -2.33. The standard InChI is InChI=1S/C19H27NO.ClH/c1-16(15-20(2)3)18(17-10-6-4-7-11-17)14-19(21)12-8-5-9-13-19;/h4-12,16,18,21H,13-15H2,1-3H3;1H/t16-,18?,19-;/m1./s1. The van der Waals surface area contributed by atoms with Crippen molar-refractivity contribution in [1.29, 1.82) is 0 Å². The predicted octanol–water partition coefficient (Wildman–Crippen LogP) is 4.03. The highest BCUT2D eigenvalue weighted by molar-refractivity contribution is 5.85. The highest BCUT2D eigenvalue weighted by atomic mass is 35.5. The highest BCUT2D eigenvalue weighted by Gasteiger charge is 2.31. The fourth-order valence-corrected chi connectivity index (χ4v) is 3.24. The summed E-state index contributed by atoms with van der Waals surface area (Å²) < 4.78 is 0. The monoisotopic (exact) mass is 321 g/mol. The summed E-state index contributed by atoms with van der Waals surface area (Å²) in [6.07, 6.45) is 9.45. The van der Waals surface area contributed by atoms with Crippen LogP contribution in [0.3, 0.4) is 0 Å². The quantitative estimate of drug-likeness (QED) is 0.855. The number of halogens is 1. The number of rotatable bonds is 6. The fraction of sp³-hybridized carbons (Fsp3) is 0.474. The molecule has 0 radical (unpaired) electrons. The molecule has 1 aliphatic carbocycles. The van der Waals surface area contributed by atoms with Crippen LogP contribution >= 0.6 is 12.4 Å². The van der Waals surface area contributed by atoms with Gasteiger partial charge in [0.25, 0.3) is 0 Å². The predicted molar refractivity (Wildman–Crippen MR) is 96.6 cm³/mol. The molecule has 0 saturated carbocycles. The zero-order chi connectivity index (χ0) is 15.3. The van der Waals surface area contributed by atoms with Crippen molar-refractivity contribution in [2.45, 2.75) is 31.3 Å². The lowest BCUT2D eigenvalue weighted by molar-refractivity contribution is 0.0663. The smallest absolute Gasteiger partial charge is 0.0871 e. The maximum absolute atomic E-state index is 10.8. The van der Waals surface area contributed by atoms with Gasteiger partial charge in [-0.1, -0.05) is 61.6 Å². The van der Waals surface area contributed by atoms with Crippen LogP contribution < -0.4 is 0 Å². The molecule has 0 aromatic heterocycles. The third kappa shape index (κ3) is 5.28. The molecule has 1 aromatic rings. The minimum atomic E-state index is -0.712. The summed E-state index contributed by atoms with van der Waals surface area (Å²) in [4.78, 5) is 2.22. The maximum atomic E-state index is 10.8. The molecule has 2 nitrogen and oxygen atoms in total. The van der Waals surface area contributed by atoms with E-state index in [-0.39, 0.29) is 12.4 Å². The minimum absolute atomic E-state index is 0. The summed E-state index contributed by atoms with van der Waals surface area (Å²) >= 11 is 0. The lowest BCUT2D eigenvalue weighted by atomic mass is 9.76. The van der Waals surface area contributed by atoms with Gasteiger partial charge in [0.1, 0.15) is 0 Å². The van der Waals surface area contributed by atoms with E-state index < -0.39 is 5.60 Å². The van der Waals surface area contributed by atoms with Crippen molar-refractivity contribution in [3.05, 3.63) is 60.2 Å². The Balaban J connectivity index is 0.00000242. The van der Waals surface area contributed by atoms with Crippen molar-refractivity contribution in [2.24, 2.45) is 5.92 Å². The molecular formula is C19H28ClNO. The van der Waals surface area contributed by atoms with Crippen LogP contribution in [-0.4, -0.2) is 36.2 Å². The van der Waals surface area contributed by atoms with E-state index in [1.165, 1.54) is 5.56 Å². The van der Waals surface area contributed by atoms with Gasteiger partial charge in [0.2, 0.25) is 0 Å². The van der Waals surface area contributed by atoms with E-state index in [0.717, 1.165) is 13.0 Å². The van der Waals surface area contributed by atoms with Crippen molar-refractivity contribution in [1.82, 2.24) is 4.90 Å². The van der Waals surface area contributed by atoms with Gasteiger partial charge in [-0.25, -0.2) is 0 Å². The number of aliphatic hydroxyl groups is 1. The summed E-state index contributed by atoms with van der Waals surface area (Å²) in [5.41, 5.74) is 0.610. The molecule has 22 heavy (non-hydrogen) atoms. The van der Waals surface area contributed by atoms with Crippen molar-refractivity contribution in [3.8, 4) is 0 Å².